The van der Waals surface area contributed by atoms with Crippen LogP contribution >= 0.6 is 0 Å². The molecule has 2 aliphatic carbocycles. The van der Waals surface area contributed by atoms with E-state index in [-0.39, 0.29) is 11.1 Å². The second kappa shape index (κ2) is 4.66. The molecule has 0 heterocycles. The zero-order valence-corrected chi connectivity index (χ0v) is 10.8. The van der Waals surface area contributed by atoms with Crippen molar-refractivity contribution in [2.75, 3.05) is 0 Å². The van der Waals surface area contributed by atoms with Crippen molar-refractivity contribution in [1.82, 2.24) is 0 Å². The quantitative estimate of drug-likeness (QED) is 0.757. The molecular formula is C14H28N2. The molecular weight excluding hydrogens is 196 g/mol. The maximum atomic E-state index is 6.68. The summed E-state index contributed by atoms with van der Waals surface area (Å²) in [4.78, 5) is 0. The van der Waals surface area contributed by atoms with Crippen molar-refractivity contribution < 1.29 is 0 Å². The Hall–Kier alpha value is -0.0800. The van der Waals surface area contributed by atoms with E-state index in [0.717, 1.165) is 12.8 Å². The minimum atomic E-state index is -0.145. The van der Waals surface area contributed by atoms with E-state index in [0.29, 0.717) is 5.92 Å². The summed E-state index contributed by atoms with van der Waals surface area (Å²) in [6.07, 6.45) is 12.9. The highest BCUT2D eigenvalue weighted by Crippen LogP contribution is 2.42. The van der Waals surface area contributed by atoms with E-state index in [4.69, 9.17) is 11.5 Å². The van der Waals surface area contributed by atoms with Gasteiger partial charge in [-0.05, 0) is 38.5 Å². The third kappa shape index (κ3) is 2.14. The Balaban J connectivity index is 2.08. The van der Waals surface area contributed by atoms with Gasteiger partial charge in [0.1, 0.15) is 0 Å². The molecule has 0 aromatic heterocycles. The van der Waals surface area contributed by atoms with Crippen LogP contribution in [0.5, 0.6) is 0 Å². The molecule has 16 heavy (non-hydrogen) atoms. The highest BCUT2D eigenvalue weighted by Gasteiger charge is 2.47. The van der Waals surface area contributed by atoms with Crippen molar-refractivity contribution >= 4 is 0 Å². The van der Waals surface area contributed by atoms with Crippen molar-refractivity contribution in [2.24, 2.45) is 17.4 Å². The van der Waals surface area contributed by atoms with Crippen LogP contribution in [0.25, 0.3) is 0 Å². The van der Waals surface area contributed by atoms with Crippen molar-refractivity contribution in [3.8, 4) is 0 Å². The molecule has 2 nitrogen and oxygen atoms in total. The first kappa shape index (κ1) is 12.4. The SMILES string of the molecule is CC(N)(C1CCCCC1)C1(N)CCCCC1. The van der Waals surface area contributed by atoms with Crippen LogP contribution in [-0.2, 0) is 0 Å². The Morgan fingerprint density at radius 1 is 0.938 bits per heavy atom. The fourth-order valence-corrected chi connectivity index (χ4v) is 3.83. The first-order chi connectivity index (χ1) is 7.56. The first-order valence-corrected chi connectivity index (χ1v) is 7.14. The fraction of sp³-hybridized carbons (Fsp3) is 1.00. The standard InChI is InChI=1S/C14H28N2/c1-13(15,12-8-4-2-5-9-12)14(16)10-6-3-7-11-14/h12H,2-11,15-16H2,1H3. The monoisotopic (exact) mass is 224 g/mol. The Bertz CT molecular complexity index is 223. The van der Waals surface area contributed by atoms with Gasteiger partial charge in [-0.15, -0.1) is 0 Å². The van der Waals surface area contributed by atoms with Gasteiger partial charge in [-0.2, -0.15) is 0 Å². The summed E-state index contributed by atoms with van der Waals surface area (Å²) in [5.41, 5.74) is 13.1. The van der Waals surface area contributed by atoms with Gasteiger partial charge in [0.05, 0.1) is 0 Å². The Labute approximate surface area is 100 Å². The molecule has 1 atom stereocenters. The average molecular weight is 224 g/mol. The van der Waals surface area contributed by atoms with Gasteiger partial charge in [-0.1, -0.05) is 38.5 Å². The third-order valence-corrected chi connectivity index (χ3v) is 5.27. The van der Waals surface area contributed by atoms with Crippen LogP contribution in [0, 0.1) is 5.92 Å². The smallest absolute Gasteiger partial charge is 0.0336 e. The summed E-state index contributed by atoms with van der Waals surface area (Å²) in [6.45, 7) is 2.23. The van der Waals surface area contributed by atoms with Gasteiger partial charge in [-0.25, -0.2) is 0 Å². The van der Waals surface area contributed by atoms with Crippen molar-refractivity contribution in [3.05, 3.63) is 0 Å². The molecule has 2 saturated carbocycles. The lowest BCUT2D eigenvalue weighted by atomic mass is 9.61. The molecule has 2 heteroatoms. The van der Waals surface area contributed by atoms with E-state index in [1.807, 2.05) is 0 Å². The van der Waals surface area contributed by atoms with E-state index in [1.165, 1.54) is 51.4 Å². The van der Waals surface area contributed by atoms with Crippen LogP contribution in [-0.4, -0.2) is 11.1 Å². The number of rotatable bonds is 2. The summed E-state index contributed by atoms with van der Waals surface area (Å²) < 4.78 is 0. The Morgan fingerprint density at radius 3 is 2.00 bits per heavy atom. The molecule has 2 rings (SSSR count). The van der Waals surface area contributed by atoms with Gasteiger partial charge >= 0.3 is 0 Å². The largest absolute Gasteiger partial charge is 0.324 e. The lowest BCUT2D eigenvalue weighted by Gasteiger charge is -2.51. The summed E-state index contributed by atoms with van der Waals surface area (Å²) in [6, 6.07) is 0. The predicted molar refractivity (Wildman–Crippen MR) is 69.2 cm³/mol. The van der Waals surface area contributed by atoms with Gasteiger partial charge in [0, 0.05) is 11.1 Å². The van der Waals surface area contributed by atoms with Crippen LogP contribution in [0.3, 0.4) is 0 Å². The maximum Gasteiger partial charge on any atom is 0.0336 e. The second-order valence-corrected chi connectivity index (χ2v) is 6.33. The second-order valence-electron chi connectivity index (χ2n) is 6.33. The molecule has 0 bridgehead atoms. The summed E-state index contributed by atoms with van der Waals surface area (Å²) >= 11 is 0. The number of nitrogens with two attached hydrogens (primary N) is 2. The molecule has 0 saturated heterocycles. The Morgan fingerprint density at radius 2 is 1.44 bits per heavy atom. The molecule has 94 valence electrons. The molecule has 4 N–H and O–H groups in total. The molecule has 1 unspecified atom stereocenters. The molecule has 0 radical (unpaired) electrons. The van der Waals surface area contributed by atoms with Crippen LogP contribution in [0.4, 0.5) is 0 Å². The van der Waals surface area contributed by atoms with Crippen molar-refractivity contribution in [3.63, 3.8) is 0 Å². The van der Waals surface area contributed by atoms with Crippen molar-refractivity contribution in [1.29, 1.82) is 0 Å². The molecule has 2 aliphatic rings. The van der Waals surface area contributed by atoms with Crippen LogP contribution in [0.2, 0.25) is 0 Å². The topological polar surface area (TPSA) is 52.0 Å². The highest BCUT2D eigenvalue weighted by molar-refractivity contribution is 5.09. The molecule has 0 spiro atoms. The summed E-state index contributed by atoms with van der Waals surface area (Å²) in [5, 5.41) is 0. The van der Waals surface area contributed by atoms with E-state index >= 15 is 0 Å². The van der Waals surface area contributed by atoms with E-state index in [1.54, 1.807) is 0 Å². The lowest BCUT2D eigenvalue weighted by Crippen LogP contribution is -2.68. The first-order valence-electron chi connectivity index (χ1n) is 7.14. The van der Waals surface area contributed by atoms with Gasteiger partial charge in [-0.3, -0.25) is 0 Å². The third-order valence-electron chi connectivity index (χ3n) is 5.27. The van der Waals surface area contributed by atoms with Gasteiger partial charge < -0.3 is 11.5 Å². The molecule has 0 aromatic carbocycles. The Kier molecular flexibility index (Phi) is 3.60. The minimum Gasteiger partial charge on any atom is -0.324 e. The van der Waals surface area contributed by atoms with Crippen LogP contribution in [0.1, 0.15) is 71.1 Å². The molecule has 2 fully saturated rings. The highest BCUT2D eigenvalue weighted by atomic mass is 14.9. The normalized spacial score (nSPS) is 30.9. The molecule has 0 aliphatic heterocycles. The zero-order valence-electron chi connectivity index (χ0n) is 10.8. The van der Waals surface area contributed by atoms with Crippen LogP contribution in [0.15, 0.2) is 0 Å². The van der Waals surface area contributed by atoms with E-state index in [9.17, 15) is 0 Å². The van der Waals surface area contributed by atoms with E-state index in [2.05, 4.69) is 6.92 Å². The van der Waals surface area contributed by atoms with Crippen LogP contribution < -0.4 is 11.5 Å². The molecule has 0 amide bonds. The zero-order chi connectivity index (χ0) is 11.6. The van der Waals surface area contributed by atoms with Crippen molar-refractivity contribution in [2.45, 2.75) is 82.2 Å². The number of hydrogen-bond donors (Lipinski definition) is 2. The number of hydrogen-bond acceptors (Lipinski definition) is 2. The lowest BCUT2D eigenvalue weighted by molar-refractivity contribution is 0.0919. The fourth-order valence-electron chi connectivity index (χ4n) is 3.83. The minimum absolute atomic E-state index is 0.0900. The summed E-state index contributed by atoms with van der Waals surface area (Å²) in [7, 11) is 0. The van der Waals surface area contributed by atoms with E-state index < -0.39 is 0 Å². The van der Waals surface area contributed by atoms with Gasteiger partial charge in [0.2, 0.25) is 0 Å². The summed E-state index contributed by atoms with van der Waals surface area (Å²) in [5.74, 6) is 0.657. The molecule has 0 aromatic rings. The predicted octanol–water partition coefficient (Wildman–Crippen LogP) is 2.95. The van der Waals surface area contributed by atoms with Gasteiger partial charge in [0.25, 0.3) is 0 Å². The average Bonchev–Trinajstić information content (AvgIpc) is 2.31. The van der Waals surface area contributed by atoms with Gasteiger partial charge in [0.15, 0.2) is 0 Å². The maximum absolute atomic E-state index is 6.68.